The van der Waals surface area contributed by atoms with Crippen molar-refractivity contribution in [2.75, 3.05) is 26.2 Å². The van der Waals surface area contributed by atoms with Crippen LogP contribution in [-0.4, -0.2) is 43.3 Å². The third kappa shape index (κ3) is 3.22. The Hall–Kier alpha value is -0.900. The Kier molecular flexibility index (Phi) is 4.71. The molecule has 0 aliphatic carbocycles. The van der Waals surface area contributed by atoms with Crippen molar-refractivity contribution in [1.29, 1.82) is 0 Å². The fourth-order valence-electron chi connectivity index (χ4n) is 3.41. The molecule has 1 aromatic rings. The normalized spacial score (nSPS) is 31.6. The van der Waals surface area contributed by atoms with Crippen LogP contribution in [0.15, 0.2) is 30.3 Å². The Morgan fingerprint density at radius 1 is 1.30 bits per heavy atom. The minimum atomic E-state index is 0.441. The molecule has 3 heteroatoms. The molecule has 3 rings (SSSR count). The van der Waals surface area contributed by atoms with Gasteiger partial charge in [0.2, 0.25) is 0 Å². The summed E-state index contributed by atoms with van der Waals surface area (Å²) in [6, 6.07) is 12.0. The lowest BCUT2D eigenvalue weighted by molar-refractivity contribution is 0.0385. The number of nitrogens with one attached hydrogen (secondary N) is 1. The first kappa shape index (κ1) is 14.1. The highest BCUT2D eigenvalue weighted by Crippen LogP contribution is 2.26. The zero-order chi connectivity index (χ0) is 13.8. The first-order valence-electron chi connectivity index (χ1n) is 8.00. The second-order valence-corrected chi connectivity index (χ2v) is 6.03. The second-order valence-electron chi connectivity index (χ2n) is 6.03. The molecule has 20 heavy (non-hydrogen) atoms. The van der Waals surface area contributed by atoms with Gasteiger partial charge >= 0.3 is 0 Å². The summed E-state index contributed by atoms with van der Waals surface area (Å²) in [7, 11) is 0. The standard InChI is InChI=1S/C17H26N2O/c1-2-15-12-19(13-16-9-6-10-20-16)17(11-18-15)14-7-4-3-5-8-14/h3-5,7-8,15-18H,2,6,9-13H2,1H3. The first-order valence-corrected chi connectivity index (χ1v) is 8.00. The van der Waals surface area contributed by atoms with Crippen LogP contribution in [0.1, 0.15) is 37.8 Å². The molecule has 3 atom stereocenters. The number of benzene rings is 1. The van der Waals surface area contributed by atoms with E-state index in [0.29, 0.717) is 18.2 Å². The van der Waals surface area contributed by atoms with E-state index in [4.69, 9.17) is 4.74 Å². The molecule has 3 nitrogen and oxygen atoms in total. The van der Waals surface area contributed by atoms with Crippen molar-refractivity contribution in [1.82, 2.24) is 10.2 Å². The molecule has 0 spiro atoms. The van der Waals surface area contributed by atoms with E-state index >= 15 is 0 Å². The van der Waals surface area contributed by atoms with Gasteiger partial charge in [0, 0.05) is 38.3 Å². The molecule has 0 bridgehead atoms. The van der Waals surface area contributed by atoms with E-state index in [1.165, 1.54) is 24.8 Å². The van der Waals surface area contributed by atoms with E-state index in [1.54, 1.807) is 0 Å². The van der Waals surface area contributed by atoms with Crippen molar-refractivity contribution >= 4 is 0 Å². The van der Waals surface area contributed by atoms with Crippen LogP contribution in [0, 0.1) is 0 Å². The lowest BCUT2D eigenvalue weighted by atomic mass is 9.99. The monoisotopic (exact) mass is 274 g/mol. The summed E-state index contributed by atoms with van der Waals surface area (Å²) in [6.07, 6.45) is 4.09. The lowest BCUT2D eigenvalue weighted by Gasteiger charge is -2.41. The van der Waals surface area contributed by atoms with Crippen LogP contribution < -0.4 is 5.32 Å². The molecule has 0 aromatic heterocycles. The zero-order valence-corrected chi connectivity index (χ0v) is 12.4. The van der Waals surface area contributed by atoms with Gasteiger partial charge in [-0.15, -0.1) is 0 Å². The maximum absolute atomic E-state index is 5.85. The molecule has 0 amide bonds. The van der Waals surface area contributed by atoms with Gasteiger partial charge in [-0.3, -0.25) is 4.90 Å². The van der Waals surface area contributed by atoms with Crippen molar-refractivity contribution in [2.24, 2.45) is 0 Å². The maximum atomic E-state index is 5.85. The van der Waals surface area contributed by atoms with Gasteiger partial charge in [0.1, 0.15) is 0 Å². The van der Waals surface area contributed by atoms with Crippen molar-refractivity contribution in [3.8, 4) is 0 Å². The predicted molar refractivity (Wildman–Crippen MR) is 81.8 cm³/mol. The summed E-state index contributed by atoms with van der Waals surface area (Å²) >= 11 is 0. The van der Waals surface area contributed by atoms with Crippen molar-refractivity contribution < 1.29 is 4.74 Å². The van der Waals surface area contributed by atoms with Crippen molar-refractivity contribution in [2.45, 2.75) is 44.4 Å². The molecule has 110 valence electrons. The minimum Gasteiger partial charge on any atom is -0.377 e. The fraction of sp³-hybridized carbons (Fsp3) is 0.647. The van der Waals surface area contributed by atoms with Crippen LogP contribution in [0.3, 0.4) is 0 Å². The van der Waals surface area contributed by atoms with Gasteiger partial charge in [-0.25, -0.2) is 0 Å². The average Bonchev–Trinajstić information content (AvgIpc) is 3.01. The quantitative estimate of drug-likeness (QED) is 0.913. The summed E-state index contributed by atoms with van der Waals surface area (Å²) < 4.78 is 5.85. The smallest absolute Gasteiger partial charge is 0.0703 e. The Morgan fingerprint density at radius 2 is 2.15 bits per heavy atom. The number of hydrogen-bond acceptors (Lipinski definition) is 3. The van der Waals surface area contributed by atoms with Gasteiger partial charge in [0.05, 0.1) is 6.10 Å². The predicted octanol–water partition coefficient (Wildman–Crippen LogP) is 2.59. The Bertz CT molecular complexity index is 403. The van der Waals surface area contributed by atoms with E-state index in [2.05, 4.69) is 47.5 Å². The van der Waals surface area contributed by atoms with Crippen LogP contribution in [0.2, 0.25) is 0 Å². The third-order valence-corrected chi connectivity index (χ3v) is 4.63. The number of rotatable bonds is 4. The van der Waals surface area contributed by atoms with Crippen LogP contribution in [0.25, 0.3) is 0 Å². The number of ether oxygens (including phenoxy) is 1. The highest BCUT2D eigenvalue weighted by molar-refractivity contribution is 5.20. The fourth-order valence-corrected chi connectivity index (χ4v) is 3.41. The summed E-state index contributed by atoms with van der Waals surface area (Å²) in [4.78, 5) is 2.63. The Labute approximate surface area is 122 Å². The Balaban J connectivity index is 1.72. The molecule has 2 aliphatic rings. The summed E-state index contributed by atoms with van der Waals surface area (Å²) in [5.74, 6) is 0. The number of hydrogen-bond donors (Lipinski definition) is 1. The van der Waals surface area contributed by atoms with Gasteiger partial charge < -0.3 is 10.1 Å². The second kappa shape index (κ2) is 6.70. The van der Waals surface area contributed by atoms with Gasteiger partial charge in [0.15, 0.2) is 0 Å². The Morgan fingerprint density at radius 3 is 2.85 bits per heavy atom. The highest BCUT2D eigenvalue weighted by Gasteiger charge is 2.30. The van der Waals surface area contributed by atoms with Crippen LogP contribution in [0.5, 0.6) is 0 Å². The van der Waals surface area contributed by atoms with Crippen molar-refractivity contribution in [3.05, 3.63) is 35.9 Å². The zero-order valence-electron chi connectivity index (χ0n) is 12.4. The van der Waals surface area contributed by atoms with Crippen LogP contribution >= 0.6 is 0 Å². The van der Waals surface area contributed by atoms with Gasteiger partial charge in [-0.1, -0.05) is 37.3 Å². The molecule has 1 aromatic carbocycles. The molecular formula is C17H26N2O. The SMILES string of the molecule is CCC1CN(CC2CCCO2)C(c2ccccc2)CN1. The van der Waals surface area contributed by atoms with Gasteiger partial charge in [-0.05, 0) is 24.8 Å². The number of piperazine rings is 1. The molecule has 0 saturated carbocycles. The molecule has 2 heterocycles. The topological polar surface area (TPSA) is 24.5 Å². The molecule has 2 saturated heterocycles. The molecule has 0 radical (unpaired) electrons. The van der Waals surface area contributed by atoms with Gasteiger partial charge in [0.25, 0.3) is 0 Å². The average molecular weight is 274 g/mol. The summed E-state index contributed by atoms with van der Waals surface area (Å²) in [6.45, 7) is 6.48. The first-order chi connectivity index (χ1) is 9.86. The molecule has 1 N–H and O–H groups in total. The van der Waals surface area contributed by atoms with Gasteiger partial charge in [-0.2, -0.15) is 0 Å². The van der Waals surface area contributed by atoms with Crippen LogP contribution in [0.4, 0.5) is 0 Å². The molecular weight excluding hydrogens is 248 g/mol. The van der Waals surface area contributed by atoms with E-state index in [1.807, 2.05) is 0 Å². The number of nitrogens with zero attached hydrogens (tertiary/aromatic N) is 1. The van der Waals surface area contributed by atoms with E-state index < -0.39 is 0 Å². The minimum absolute atomic E-state index is 0.441. The highest BCUT2D eigenvalue weighted by atomic mass is 16.5. The third-order valence-electron chi connectivity index (χ3n) is 4.63. The molecule has 2 aliphatic heterocycles. The maximum Gasteiger partial charge on any atom is 0.0703 e. The molecule has 2 fully saturated rings. The van der Waals surface area contributed by atoms with E-state index in [9.17, 15) is 0 Å². The lowest BCUT2D eigenvalue weighted by Crippen LogP contribution is -2.53. The summed E-state index contributed by atoms with van der Waals surface area (Å²) in [5.41, 5.74) is 1.42. The molecule has 3 unspecified atom stereocenters. The van der Waals surface area contributed by atoms with E-state index in [-0.39, 0.29) is 0 Å². The van der Waals surface area contributed by atoms with Crippen LogP contribution in [-0.2, 0) is 4.74 Å². The van der Waals surface area contributed by atoms with Crippen molar-refractivity contribution in [3.63, 3.8) is 0 Å². The van der Waals surface area contributed by atoms with E-state index in [0.717, 1.165) is 26.2 Å². The largest absolute Gasteiger partial charge is 0.377 e. The summed E-state index contributed by atoms with van der Waals surface area (Å²) in [5, 5.41) is 3.69.